The van der Waals surface area contributed by atoms with Crippen LogP contribution < -0.4 is 16.0 Å². The molecule has 2 aromatic rings. The van der Waals surface area contributed by atoms with Crippen LogP contribution in [0.5, 0.6) is 5.75 Å². The van der Waals surface area contributed by atoms with Gasteiger partial charge in [0.25, 0.3) is 0 Å². The summed E-state index contributed by atoms with van der Waals surface area (Å²) >= 11 is 1.26. The van der Waals surface area contributed by atoms with E-state index < -0.39 is 4.92 Å². The Morgan fingerprint density at radius 2 is 1.90 bits per heavy atom. The van der Waals surface area contributed by atoms with Crippen molar-refractivity contribution in [1.82, 2.24) is 0 Å². The Morgan fingerprint density at radius 1 is 1.20 bits per heavy atom. The zero-order valence-electron chi connectivity index (χ0n) is 10.7. The minimum Gasteiger partial charge on any atom is -0.496 e. The normalized spacial score (nSPS) is 10.1. The predicted octanol–water partition coefficient (Wildman–Crippen LogP) is 3.04. The van der Waals surface area contributed by atoms with Crippen LogP contribution in [-0.4, -0.2) is 12.0 Å². The third kappa shape index (κ3) is 2.84. The van der Waals surface area contributed by atoms with Crippen LogP contribution in [0.1, 0.15) is 0 Å². The number of anilines is 1. The van der Waals surface area contributed by atoms with E-state index in [0.29, 0.717) is 10.6 Å². The molecule has 0 atom stereocenters. The summed E-state index contributed by atoms with van der Waals surface area (Å²) < 4.78 is 5.24. The molecule has 6 nitrogen and oxygen atoms in total. The van der Waals surface area contributed by atoms with Gasteiger partial charge in [-0.3, -0.25) is 16.0 Å². The number of nitrogens with zero attached hydrogens (tertiary/aromatic N) is 1. The van der Waals surface area contributed by atoms with Crippen LogP contribution in [0, 0.1) is 10.1 Å². The quantitative estimate of drug-likeness (QED) is 0.500. The van der Waals surface area contributed by atoms with Crippen LogP contribution in [0.4, 0.5) is 11.4 Å². The summed E-state index contributed by atoms with van der Waals surface area (Å²) in [6.45, 7) is 0. The summed E-state index contributed by atoms with van der Waals surface area (Å²) in [6.07, 6.45) is 0. The van der Waals surface area contributed by atoms with Gasteiger partial charge in [0.05, 0.1) is 21.8 Å². The maximum absolute atomic E-state index is 11.2. The van der Waals surface area contributed by atoms with E-state index in [4.69, 9.17) is 10.6 Å². The lowest BCUT2D eigenvalue weighted by atomic mass is 10.3. The lowest BCUT2D eigenvalue weighted by molar-refractivity contribution is -0.386. The van der Waals surface area contributed by atoms with Crippen molar-refractivity contribution in [1.29, 1.82) is 0 Å². The highest BCUT2D eigenvalue weighted by Crippen LogP contribution is 2.41. The van der Waals surface area contributed by atoms with Crippen molar-refractivity contribution in [3.8, 4) is 5.75 Å². The summed E-state index contributed by atoms with van der Waals surface area (Å²) in [6, 6.07) is 12.3. The lowest BCUT2D eigenvalue weighted by Gasteiger charge is -2.09. The van der Waals surface area contributed by atoms with E-state index in [0.717, 1.165) is 4.90 Å². The van der Waals surface area contributed by atoms with Crippen molar-refractivity contribution in [2.24, 2.45) is 5.84 Å². The number of nitrogens with one attached hydrogen (secondary N) is 1. The first kappa shape index (κ1) is 14.2. The van der Waals surface area contributed by atoms with E-state index in [1.165, 1.54) is 11.8 Å². The second kappa shape index (κ2) is 6.27. The van der Waals surface area contributed by atoms with Crippen molar-refractivity contribution >= 4 is 23.1 Å². The number of nitrogens with two attached hydrogens (primary N) is 1. The van der Waals surface area contributed by atoms with E-state index >= 15 is 0 Å². The highest BCUT2D eigenvalue weighted by molar-refractivity contribution is 7.99. The fourth-order valence-electron chi connectivity index (χ4n) is 1.73. The molecule has 0 bridgehead atoms. The minimum atomic E-state index is -0.451. The van der Waals surface area contributed by atoms with Gasteiger partial charge < -0.3 is 10.2 Å². The molecule has 0 amide bonds. The molecule has 0 saturated carbocycles. The molecular formula is C13H13N3O3S. The Hall–Kier alpha value is -2.25. The molecule has 0 unspecified atom stereocenters. The van der Waals surface area contributed by atoms with Gasteiger partial charge in [0.2, 0.25) is 0 Å². The van der Waals surface area contributed by atoms with E-state index in [-0.39, 0.29) is 11.4 Å². The standard InChI is InChI=1S/C13H13N3O3S/c1-19-10-6-2-3-7-11(10)20-12-8-4-5-9(15-14)13(12)16(17)18/h2-8,15H,14H2,1H3. The van der Waals surface area contributed by atoms with Gasteiger partial charge in [-0.1, -0.05) is 30.0 Å². The average Bonchev–Trinajstić information content (AvgIpc) is 2.47. The largest absolute Gasteiger partial charge is 0.496 e. The van der Waals surface area contributed by atoms with Gasteiger partial charge in [-0.15, -0.1) is 0 Å². The lowest BCUT2D eigenvalue weighted by Crippen LogP contribution is -2.09. The van der Waals surface area contributed by atoms with Gasteiger partial charge in [-0.2, -0.15) is 0 Å². The van der Waals surface area contributed by atoms with E-state index in [2.05, 4.69) is 5.43 Å². The van der Waals surface area contributed by atoms with E-state index in [9.17, 15) is 10.1 Å². The highest BCUT2D eigenvalue weighted by atomic mass is 32.2. The molecule has 2 rings (SSSR count). The number of para-hydroxylation sites is 2. The number of nitrogen functional groups attached to an aromatic ring is 1. The van der Waals surface area contributed by atoms with Crippen LogP contribution in [0.25, 0.3) is 0 Å². The van der Waals surface area contributed by atoms with Crippen LogP contribution >= 0.6 is 11.8 Å². The van der Waals surface area contributed by atoms with Gasteiger partial charge >= 0.3 is 5.69 Å². The zero-order chi connectivity index (χ0) is 14.5. The van der Waals surface area contributed by atoms with Crippen molar-refractivity contribution in [2.45, 2.75) is 9.79 Å². The SMILES string of the molecule is COc1ccccc1Sc1cccc(NN)c1[N+](=O)[O-]. The average molecular weight is 291 g/mol. The Morgan fingerprint density at radius 3 is 2.55 bits per heavy atom. The van der Waals surface area contributed by atoms with Crippen LogP contribution in [0.3, 0.4) is 0 Å². The monoisotopic (exact) mass is 291 g/mol. The van der Waals surface area contributed by atoms with Crippen molar-refractivity contribution in [2.75, 3.05) is 12.5 Å². The number of hydrogen-bond donors (Lipinski definition) is 2. The molecular weight excluding hydrogens is 278 g/mol. The maximum Gasteiger partial charge on any atom is 0.307 e. The Balaban J connectivity index is 2.46. The molecule has 2 aromatic carbocycles. The van der Waals surface area contributed by atoms with Gasteiger partial charge in [0.15, 0.2) is 0 Å². The number of benzene rings is 2. The summed E-state index contributed by atoms with van der Waals surface area (Å²) in [7, 11) is 1.56. The number of hydrazine groups is 1. The third-order valence-corrected chi connectivity index (χ3v) is 3.73. The number of nitro benzene ring substituents is 1. The number of hydrogen-bond acceptors (Lipinski definition) is 6. The molecule has 0 fully saturated rings. The molecule has 104 valence electrons. The Kier molecular flexibility index (Phi) is 4.44. The predicted molar refractivity (Wildman–Crippen MR) is 78.0 cm³/mol. The maximum atomic E-state index is 11.2. The molecule has 0 aliphatic heterocycles. The van der Waals surface area contributed by atoms with Gasteiger partial charge in [-0.05, 0) is 24.3 Å². The van der Waals surface area contributed by atoms with E-state index in [1.807, 2.05) is 18.2 Å². The van der Waals surface area contributed by atoms with Crippen molar-refractivity contribution in [3.05, 3.63) is 52.6 Å². The summed E-state index contributed by atoms with van der Waals surface area (Å²) in [5.74, 6) is 5.98. The second-order valence-electron chi connectivity index (χ2n) is 3.81. The van der Waals surface area contributed by atoms with Crippen molar-refractivity contribution < 1.29 is 9.66 Å². The second-order valence-corrected chi connectivity index (χ2v) is 4.89. The Bertz CT molecular complexity index is 634. The summed E-state index contributed by atoms with van der Waals surface area (Å²) in [5, 5.41) is 11.2. The first-order valence-corrected chi connectivity index (χ1v) is 6.54. The molecule has 0 aliphatic rings. The zero-order valence-corrected chi connectivity index (χ0v) is 11.5. The summed E-state index contributed by atoms with van der Waals surface area (Å²) in [4.78, 5) is 12.1. The van der Waals surface area contributed by atoms with Crippen LogP contribution in [-0.2, 0) is 0 Å². The molecule has 0 radical (unpaired) electrons. The van der Waals surface area contributed by atoms with Gasteiger partial charge in [0, 0.05) is 0 Å². The number of nitro groups is 1. The molecule has 0 aromatic heterocycles. The fourth-order valence-corrected chi connectivity index (χ4v) is 2.79. The van der Waals surface area contributed by atoms with Crippen molar-refractivity contribution in [3.63, 3.8) is 0 Å². The topological polar surface area (TPSA) is 90.4 Å². The van der Waals surface area contributed by atoms with Gasteiger partial charge in [0.1, 0.15) is 11.4 Å². The first-order valence-electron chi connectivity index (χ1n) is 5.72. The molecule has 0 saturated heterocycles. The minimum absolute atomic E-state index is 0.0501. The molecule has 0 spiro atoms. The Labute approximate surface area is 120 Å². The highest BCUT2D eigenvalue weighted by Gasteiger charge is 2.20. The fraction of sp³-hybridized carbons (Fsp3) is 0.0769. The van der Waals surface area contributed by atoms with Crippen LogP contribution in [0.15, 0.2) is 52.3 Å². The molecule has 0 heterocycles. The third-order valence-electron chi connectivity index (χ3n) is 2.63. The number of methoxy groups -OCH3 is 1. The van der Waals surface area contributed by atoms with E-state index in [1.54, 1.807) is 31.4 Å². The van der Waals surface area contributed by atoms with Crippen LogP contribution in [0.2, 0.25) is 0 Å². The molecule has 3 N–H and O–H groups in total. The number of rotatable bonds is 5. The van der Waals surface area contributed by atoms with Gasteiger partial charge in [-0.25, -0.2) is 0 Å². The first-order chi connectivity index (χ1) is 9.67. The summed E-state index contributed by atoms with van der Waals surface area (Å²) in [5.41, 5.74) is 2.57. The molecule has 7 heteroatoms. The smallest absolute Gasteiger partial charge is 0.307 e. The molecule has 0 aliphatic carbocycles. The molecule has 20 heavy (non-hydrogen) atoms. The number of ether oxygens (including phenoxy) is 1.